The van der Waals surface area contributed by atoms with E-state index in [9.17, 15) is 4.79 Å². The Morgan fingerprint density at radius 3 is 2.41 bits per heavy atom. The number of para-hydroxylation sites is 1. The molecular formula is C15H25IN4O2. The Bertz CT molecular complexity index is 478. The van der Waals surface area contributed by atoms with E-state index in [-0.39, 0.29) is 42.0 Å². The van der Waals surface area contributed by atoms with Gasteiger partial charge in [-0.1, -0.05) is 18.2 Å². The molecule has 1 rings (SSSR count). The molecule has 1 aromatic carbocycles. The third-order valence-corrected chi connectivity index (χ3v) is 2.93. The fourth-order valence-electron chi connectivity index (χ4n) is 1.48. The Morgan fingerprint density at radius 1 is 1.23 bits per heavy atom. The number of halogens is 1. The van der Waals surface area contributed by atoms with Crippen molar-refractivity contribution in [1.82, 2.24) is 10.6 Å². The van der Waals surface area contributed by atoms with Crippen LogP contribution in [-0.2, 0) is 9.53 Å². The maximum absolute atomic E-state index is 11.8. The number of nitrogens with zero attached hydrogens (tertiary/aromatic N) is 1. The van der Waals surface area contributed by atoms with Gasteiger partial charge in [-0.3, -0.25) is 9.79 Å². The molecule has 3 N–H and O–H groups in total. The van der Waals surface area contributed by atoms with Crippen molar-refractivity contribution in [2.75, 3.05) is 32.6 Å². The number of carbonyl (C=O) groups is 1. The molecule has 0 aliphatic heterocycles. The lowest BCUT2D eigenvalue weighted by Gasteiger charge is -2.24. The van der Waals surface area contributed by atoms with Crippen LogP contribution in [0.4, 0.5) is 5.69 Å². The molecule has 0 bridgehead atoms. The van der Waals surface area contributed by atoms with Gasteiger partial charge in [0.25, 0.3) is 0 Å². The van der Waals surface area contributed by atoms with Crippen LogP contribution in [0.15, 0.2) is 35.3 Å². The van der Waals surface area contributed by atoms with Gasteiger partial charge in [0.2, 0.25) is 5.91 Å². The molecule has 0 aromatic heterocycles. The van der Waals surface area contributed by atoms with Crippen molar-refractivity contribution < 1.29 is 9.53 Å². The molecule has 0 saturated carbocycles. The predicted molar refractivity (Wildman–Crippen MR) is 101 cm³/mol. The van der Waals surface area contributed by atoms with Gasteiger partial charge in [-0.2, -0.15) is 0 Å². The number of rotatable bonds is 6. The quantitative estimate of drug-likeness (QED) is 0.373. The number of amides is 1. The topological polar surface area (TPSA) is 74.8 Å². The Balaban J connectivity index is 0.00000441. The van der Waals surface area contributed by atoms with E-state index in [1.165, 1.54) is 0 Å². The lowest BCUT2D eigenvalue weighted by molar-refractivity contribution is -0.115. The van der Waals surface area contributed by atoms with Crippen LogP contribution in [0.2, 0.25) is 0 Å². The molecule has 0 atom stereocenters. The summed E-state index contributed by atoms with van der Waals surface area (Å²) in [6, 6.07) is 9.32. The van der Waals surface area contributed by atoms with Gasteiger partial charge in [0.1, 0.15) is 0 Å². The smallest absolute Gasteiger partial charge is 0.243 e. The van der Waals surface area contributed by atoms with Gasteiger partial charge in [0.05, 0.1) is 12.1 Å². The Kier molecular flexibility index (Phi) is 9.75. The normalized spacial score (nSPS) is 11.4. The van der Waals surface area contributed by atoms with Crippen LogP contribution in [0.1, 0.15) is 13.8 Å². The zero-order valence-electron chi connectivity index (χ0n) is 13.5. The molecule has 0 unspecified atom stereocenters. The first-order valence-electron chi connectivity index (χ1n) is 6.81. The highest BCUT2D eigenvalue weighted by molar-refractivity contribution is 14.0. The van der Waals surface area contributed by atoms with E-state index in [1.807, 2.05) is 44.2 Å². The predicted octanol–water partition coefficient (Wildman–Crippen LogP) is 1.83. The number of carbonyl (C=O) groups excluding carboxylic acids is 1. The minimum Gasteiger partial charge on any atom is -0.377 e. The number of hydrogen-bond acceptors (Lipinski definition) is 3. The van der Waals surface area contributed by atoms with Crippen molar-refractivity contribution in [3.05, 3.63) is 30.3 Å². The van der Waals surface area contributed by atoms with E-state index in [0.29, 0.717) is 12.5 Å². The van der Waals surface area contributed by atoms with Crippen LogP contribution in [-0.4, -0.2) is 44.7 Å². The summed E-state index contributed by atoms with van der Waals surface area (Å²) in [5.74, 6) is 0.429. The molecule has 0 spiro atoms. The van der Waals surface area contributed by atoms with E-state index in [4.69, 9.17) is 4.74 Å². The van der Waals surface area contributed by atoms with Crippen molar-refractivity contribution >= 4 is 41.5 Å². The van der Waals surface area contributed by atoms with Crippen LogP contribution >= 0.6 is 24.0 Å². The number of hydrogen-bond donors (Lipinski definition) is 3. The summed E-state index contributed by atoms with van der Waals surface area (Å²) in [5.41, 5.74) is 0.469. The van der Waals surface area contributed by atoms with Crippen molar-refractivity contribution in [3.8, 4) is 0 Å². The molecule has 22 heavy (non-hydrogen) atoms. The number of ether oxygens (including phenoxy) is 1. The molecular weight excluding hydrogens is 395 g/mol. The Labute approximate surface area is 149 Å². The van der Waals surface area contributed by atoms with Gasteiger partial charge in [0.15, 0.2) is 5.96 Å². The van der Waals surface area contributed by atoms with Gasteiger partial charge < -0.3 is 20.7 Å². The Hall–Kier alpha value is -1.35. The number of aliphatic imine (C=N–C) groups is 1. The van der Waals surface area contributed by atoms with Crippen molar-refractivity contribution in [1.29, 1.82) is 0 Å². The summed E-state index contributed by atoms with van der Waals surface area (Å²) >= 11 is 0. The van der Waals surface area contributed by atoms with Gasteiger partial charge in [-0.05, 0) is 26.0 Å². The maximum atomic E-state index is 11.8. The van der Waals surface area contributed by atoms with E-state index in [1.54, 1.807) is 14.2 Å². The highest BCUT2D eigenvalue weighted by atomic mass is 127. The number of anilines is 1. The monoisotopic (exact) mass is 420 g/mol. The van der Waals surface area contributed by atoms with Crippen LogP contribution in [0.5, 0.6) is 0 Å². The molecule has 0 aliphatic carbocycles. The molecule has 7 heteroatoms. The first-order valence-corrected chi connectivity index (χ1v) is 6.81. The van der Waals surface area contributed by atoms with Crippen LogP contribution in [0, 0.1) is 0 Å². The lowest BCUT2D eigenvalue weighted by atomic mass is 10.1. The highest BCUT2D eigenvalue weighted by Crippen LogP contribution is 2.05. The van der Waals surface area contributed by atoms with Crippen molar-refractivity contribution in [3.63, 3.8) is 0 Å². The minimum absolute atomic E-state index is 0. The largest absolute Gasteiger partial charge is 0.377 e. The number of benzene rings is 1. The second kappa shape index (κ2) is 10.4. The van der Waals surface area contributed by atoms with Gasteiger partial charge >= 0.3 is 0 Å². The van der Waals surface area contributed by atoms with Crippen LogP contribution in [0.25, 0.3) is 0 Å². The molecule has 0 fully saturated rings. The van der Waals surface area contributed by atoms with Crippen LogP contribution < -0.4 is 16.0 Å². The average molecular weight is 420 g/mol. The first kappa shape index (κ1) is 20.6. The minimum atomic E-state index is -0.302. The van der Waals surface area contributed by atoms with E-state index in [2.05, 4.69) is 20.9 Å². The maximum Gasteiger partial charge on any atom is 0.243 e. The summed E-state index contributed by atoms with van der Waals surface area (Å²) in [6.07, 6.45) is 0. The molecule has 124 valence electrons. The molecule has 0 radical (unpaired) electrons. The molecule has 0 saturated heterocycles. The zero-order valence-corrected chi connectivity index (χ0v) is 15.8. The number of nitrogens with one attached hydrogen (secondary N) is 3. The lowest BCUT2D eigenvalue weighted by Crippen LogP contribution is -2.47. The van der Waals surface area contributed by atoms with Crippen molar-refractivity contribution in [2.45, 2.75) is 19.4 Å². The second-order valence-electron chi connectivity index (χ2n) is 5.16. The van der Waals surface area contributed by atoms with E-state index < -0.39 is 0 Å². The molecule has 1 amide bonds. The number of guanidine groups is 1. The average Bonchev–Trinajstić information content (AvgIpc) is 2.48. The third-order valence-electron chi connectivity index (χ3n) is 2.93. The Morgan fingerprint density at radius 2 is 1.86 bits per heavy atom. The summed E-state index contributed by atoms with van der Waals surface area (Å²) in [7, 11) is 3.31. The summed E-state index contributed by atoms with van der Waals surface area (Å²) in [4.78, 5) is 15.9. The van der Waals surface area contributed by atoms with Gasteiger partial charge in [-0.15, -0.1) is 24.0 Å². The summed E-state index contributed by atoms with van der Waals surface area (Å²) in [6.45, 7) is 4.66. The number of methoxy groups -OCH3 is 1. The standard InChI is InChI=1S/C15H24N4O2.HI/c1-15(2,21-4)11-18-14(16-3)17-10-13(20)19-12-8-6-5-7-9-12;/h5-9H,10-11H2,1-4H3,(H,19,20)(H2,16,17,18);1H. The van der Waals surface area contributed by atoms with Crippen molar-refractivity contribution in [2.24, 2.45) is 4.99 Å². The SMILES string of the molecule is CN=C(NCC(=O)Nc1ccccc1)NCC(C)(C)OC.I. The molecule has 0 heterocycles. The third kappa shape index (κ3) is 8.18. The molecule has 0 aliphatic rings. The van der Waals surface area contributed by atoms with E-state index >= 15 is 0 Å². The second-order valence-corrected chi connectivity index (χ2v) is 5.16. The summed E-state index contributed by atoms with van der Waals surface area (Å²) < 4.78 is 5.31. The van der Waals surface area contributed by atoms with Crippen LogP contribution in [0.3, 0.4) is 0 Å². The zero-order chi connectivity index (χ0) is 15.7. The van der Waals surface area contributed by atoms with Gasteiger partial charge in [-0.25, -0.2) is 0 Å². The first-order chi connectivity index (χ1) is 9.96. The highest BCUT2D eigenvalue weighted by Gasteiger charge is 2.16. The fraction of sp³-hybridized carbons (Fsp3) is 0.467. The fourth-order valence-corrected chi connectivity index (χ4v) is 1.48. The molecule has 1 aromatic rings. The summed E-state index contributed by atoms with van der Waals surface area (Å²) in [5, 5.41) is 8.87. The van der Waals surface area contributed by atoms with Gasteiger partial charge in [0, 0.05) is 26.4 Å². The van der Waals surface area contributed by atoms with E-state index in [0.717, 1.165) is 5.69 Å². The molecule has 6 nitrogen and oxygen atoms in total.